The highest BCUT2D eigenvalue weighted by Crippen LogP contribution is 2.38. The van der Waals surface area contributed by atoms with Gasteiger partial charge in [0.25, 0.3) is 0 Å². The van der Waals surface area contributed by atoms with Crippen LogP contribution in [-0.2, 0) is 31.5 Å². The van der Waals surface area contributed by atoms with E-state index in [-0.39, 0.29) is 53.9 Å². The lowest BCUT2D eigenvalue weighted by molar-refractivity contribution is -0.155. The maximum Gasteiger partial charge on any atom is 0.306 e. The van der Waals surface area contributed by atoms with Gasteiger partial charge in [0.1, 0.15) is 11.4 Å². The zero-order chi connectivity index (χ0) is 28.1. The van der Waals surface area contributed by atoms with Crippen molar-refractivity contribution in [3.63, 3.8) is 0 Å². The molecule has 2 aromatic rings. The number of nitrogens with zero attached hydrogens (tertiary/aromatic N) is 3. The topological polar surface area (TPSA) is 81.5 Å². The number of hydrogen-bond acceptors (Lipinski definition) is 5. The van der Waals surface area contributed by atoms with Gasteiger partial charge in [-0.1, -0.05) is 20.8 Å². The molecule has 0 bridgehead atoms. The molecule has 1 saturated heterocycles. The van der Waals surface area contributed by atoms with Crippen LogP contribution in [0.3, 0.4) is 0 Å². The third-order valence-corrected chi connectivity index (χ3v) is 9.29. The van der Waals surface area contributed by atoms with Crippen LogP contribution in [-0.4, -0.2) is 52.9 Å². The second kappa shape index (κ2) is 10.2. The summed E-state index contributed by atoms with van der Waals surface area (Å²) in [5, 5.41) is 0. The van der Waals surface area contributed by atoms with E-state index in [4.69, 9.17) is 9.72 Å². The molecule has 0 radical (unpaired) electrons. The molecule has 2 aliphatic rings. The average molecular weight is 554 g/mol. The Hall–Kier alpha value is -2.07. The molecule has 0 N–H and O–H groups in total. The van der Waals surface area contributed by atoms with Gasteiger partial charge in [-0.25, -0.2) is 22.2 Å². The first-order valence-electron chi connectivity index (χ1n) is 13.6. The first-order chi connectivity index (χ1) is 17.4. The number of alkyl halides is 2. The molecule has 2 fully saturated rings. The zero-order valence-corrected chi connectivity index (χ0v) is 24.2. The van der Waals surface area contributed by atoms with E-state index in [1.807, 2.05) is 41.5 Å². The van der Waals surface area contributed by atoms with E-state index in [2.05, 4.69) is 4.57 Å². The second-order valence-electron chi connectivity index (χ2n) is 13.1. The summed E-state index contributed by atoms with van der Waals surface area (Å²) >= 11 is 0. The van der Waals surface area contributed by atoms with E-state index in [1.54, 1.807) is 18.2 Å². The molecule has 38 heavy (non-hydrogen) atoms. The molecule has 1 aromatic heterocycles. The lowest BCUT2D eigenvalue weighted by atomic mass is 9.86. The monoisotopic (exact) mass is 553 g/mol. The molecule has 0 unspecified atom stereocenters. The average Bonchev–Trinajstić information content (AvgIpc) is 3.38. The van der Waals surface area contributed by atoms with Gasteiger partial charge in [0.2, 0.25) is 15.9 Å². The van der Waals surface area contributed by atoms with Crippen molar-refractivity contribution in [1.82, 2.24) is 13.9 Å². The van der Waals surface area contributed by atoms with E-state index in [0.29, 0.717) is 37.9 Å². The molecule has 10 heteroatoms. The standard InChI is InChI=1S/C28H41F2N3O4S/c1-26(2,3)25-31-22-16-21(7-8-23(22)33(25)18-19-9-12-28(29,30)13-10-19)38(35,36)32-14-11-20(17-32)15-24(34)37-27(4,5)6/h7-8,16,19-20H,9-15,17-18H2,1-6H3/t20-/m1/s1. The van der Waals surface area contributed by atoms with Crippen LogP contribution in [0.25, 0.3) is 11.0 Å². The van der Waals surface area contributed by atoms with E-state index < -0.39 is 21.5 Å². The van der Waals surface area contributed by atoms with Gasteiger partial charge in [-0.3, -0.25) is 4.79 Å². The number of hydrogen-bond donors (Lipinski definition) is 0. The fourth-order valence-corrected chi connectivity index (χ4v) is 7.07. The number of carbonyl (C=O) groups is 1. The molecule has 1 saturated carbocycles. The number of sulfonamides is 1. The number of aromatic nitrogens is 2. The van der Waals surface area contributed by atoms with Crippen LogP contribution >= 0.6 is 0 Å². The molecule has 2 heterocycles. The fourth-order valence-electron chi connectivity index (χ4n) is 5.52. The smallest absolute Gasteiger partial charge is 0.306 e. The van der Waals surface area contributed by atoms with Gasteiger partial charge in [-0.15, -0.1) is 0 Å². The molecular weight excluding hydrogens is 512 g/mol. The molecule has 1 aliphatic carbocycles. The summed E-state index contributed by atoms with van der Waals surface area (Å²) in [6.07, 6.45) is 1.52. The molecule has 1 aliphatic heterocycles. The summed E-state index contributed by atoms with van der Waals surface area (Å²) in [6.45, 7) is 12.8. The van der Waals surface area contributed by atoms with Crippen molar-refractivity contribution in [2.45, 2.75) is 108 Å². The lowest BCUT2D eigenvalue weighted by Gasteiger charge is -2.30. The Balaban J connectivity index is 1.55. The molecule has 212 valence electrons. The van der Waals surface area contributed by atoms with Crippen molar-refractivity contribution < 1.29 is 26.7 Å². The van der Waals surface area contributed by atoms with Gasteiger partial charge < -0.3 is 9.30 Å². The van der Waals surface area contributed by atoms with Crippen LogP contribution in [0.2, 0.25) is 0 Å². The Morgan fingerprint density at radius 2 is 1.74 bits per heavy atom. The zero-order valence-electron chi connectivity index (χ0n) is 23.4. The summed E-state index contributed by atoms with van der Waals surface area (Å²) in [7, 11) is -3.76. The maximum atomic E-state index is 13.7. The van der Waals surface area contributed by atoms with E-state index >= 15 is 0 Å². The van der Waals surface area contributed by atoms with Crippen LogP contribution in [0.4, 0.5) is 8.78 Å². The highest BCUT2D eigenvalue weighted by molar-refractivity contribution is 7.89. The number of halogens is 2. The van der Waals surface area contributed by atoms with Crippen molar-refractivity contribution in [3.8, 4) is 0 Å². The van der Waals surface area contributed by atoms with Crippen LogP contribution in [0.15, 0.2) is 23.1 Å². The SMILES string of the molecule is CC(C)(C)OC(=O)C[C@H]1CCN(S(=O)(=O)c2ccc3c(c2)nc(C(C)(C)C)n3CC2CCC(F)(F)CC2)C1. The largest absolute Gasteiger partial charge is 0.460 e. The van der Waals surface area contributed by atoms with E-state index in [0.717, 1.165) is 11.3 Å². The molecule has 1 atom stereocenters. The number of esters is 1. The minimum absolute atomic E-state index is 0.0853. The Kier molecular flexibility index (Phi) is 7.73. The maximum absolute atomic E-state index is 13.7. The summed E-state index contributed by atoms with van der Waals surface area (Å²) in [5.74, 6) is -2.03. The highest BCUT2D eigenvalue weighted by atomic mass is 32.2. The number of fused-ring (bicyclic) bond motifs is 1. The molecule has 0 spiro atoms. The third kappa shape index (κ3) is 6.55. The fraction of sp³-hybridized carbons (Fsp3) is 0.714. The van der Waals surface area contributed by atoms with Crippen molar-refractivity contribution in [3.05, 3.63) is 24.0 Å². The Bertz CT molecular complexity index is 1280. The summed E-state index contributed by atoms with van der Waals surface area (Å²) in [6, 6.07) is 5.02. The van der Waals surface area contributed by atoms with Gasteiger partial charge in [0, 0.05) is 44.3 Å². The van der Waals surface area contributed by atoms with E-state index in [1.165, 1.54) is 4.31 Å². The number of imidazole rings is 1. The number of rotatable bonds is 6. The van der Waals surface area contributed by atoms with Crippen LogP contribution in [0.1, 0.15) is 85.9 Å². The van der Waals surface area contributed by atoms with Crippen LogP contribution < -0.4 is 0 Å². The van der Waals surface area contributed by atoms with Crippen LogP contribution in [0, 0.1) is 11.8 Å². The van der Waals surface area contributed by atoms with Crippen molar-refractivity contribution >= 4 is 27.0 Å². The van der Waals surface area contributed by atoms with Crippen molar-refractivity contribution in [2.75, 3.05) is 13.1 Å². The molecule has 0 amide bonds. The highest BCUT2D eigenvalue weighted by Gasteiger charge is 2.37. The number of ether oxygens (including phenoxy) is 1. The molecular formula is C28H41F2N3O4S. The van der Waals surface area contributed by atoms with Gasteiger partial charge >= 0.3 is 5.97 Å². The number of benzene rings is 1. The van der Waals surface area contributed by atoms with Gasteiger partial charge in [0.05, 0.1) is 15.9 Å². The quantitative estimate of drug-likeness (QED) is 0.416. The summed E-state index contributed by atoms with van der Waals surface area (Å²) in [4.78, 5) is 17.2. The Morgan fingerprint density at radius 1 is 1.08 bits per heavy atom. The first-order valence-corrected chi connectivity index (χ1v) is 15.0. The van der Waals surface area contributed by atoms with Gasteiger partial charge in [-0.2, -0.15) is 4.31 Å². The van der Waals surface area contributed by atoms with Crippen LogP contribution in [0.5, 0.6) is 0 Å². The normalized spacial score (nSPS) is 21.7. The van der Waals surface area contributed by atoms with Crippen molar-refractivity contribution in [1.29, 1.82) is 0 Å². The minimum atomic E-state index is -3.76. The van der Waals surface area contributed by atoms with Gasteiger partial charge in [-0.05, 0) is 70.1 Å². The predicted octanol–water partition coefficient (Wildman–Crippen LogP) is 5.90. The lowest BCUT2D eigenvalue weighted by Crippen LogP contribution is -2.30. The third-order valence-electron chi connectivity index (χ3n) is 7.43. The number of carbonyl (C=O) groups excluding carboxylic acids is 1. The van der Waals surface area contributed by atoms with E-state index in [9.17, 15) is 22.0 Å². The molecule has 1 aromatic carbocycles. The molecule has 7 nitrogen and oxygen atoms in total. The molecule has 4 rings (SSSR count). The first kappa shape index (κ1) is 28.9. The second-order valence-corrected chi connectivity index (χ2v) is 15.0. The van der Waals surface area contributed by atoms with Gasteiger partial charge in [0.15, 0.2) is 0 Å². The predicted molar refractivity (Wildman–Crippen MR) is 143 cm³/mol. The Morgan fingerprint density at radius 3 is 2.34 bits per heavy atom. The summed E-state index contributed by atoms with van der Waals surface area (Å²) in [5.41, 5.74) is 0.520. The summed E-state index contributed by atoms with van der Waals surface area (Å²) < 4.78 is 63.4. The Labute approximate surface area is 225 Å². The van der Waals surface area contributed by atoms with Crippen molar-refractivity contribution in [2.24, 2.45) is 11.8 Å². The minimum Gasteiger partial charge on any atom is -0.460 e.